The summed E-state index contributed by atoms with van der Waals surface area (Å²) in [4.78, 5) is 0. The van der Waals surface area contributed by atoms with E-state index < -0.39 is 0 Å². The Balaban J connectivity index is 1.62. The van der Waals surface area contributed by atoms with E-state index in [-0.39, 0.29) is 0 Å². The van der Waals surface area contributed by atoms with Crippen LogP contribution in [0.3, 0.4) is 0 Å². The molecule has 3 nitrogen and oxygen atoms in total. The maximum atomic E-state index is 5.46. The highest BCUT2D eigenvalue weighted by molar-refractivity contribution is 5.12. The van der Waals surface area contributed by atoms with Crippen LogP contribution in [0.2, 0.25) is 0 Å². The van der Waals surface area contributed by atoms with Gasteiger partial charge in [-0.1, -0.05) is 18.0 Å². The Bertz CT molecular complexity index is 335. The van der Waals surface area contributed by atoms with E-state index in [0.29, 0.717) is 5.92 Å². The van der Waals surface area contributed by atoms with Crippen molar-refractivity contribution in [2.75, 3.05) is 13.1 Å². The Kier molecular flexibility index (Phi) is 2.96. The molecule has 1 aromatic heterocycles. The minimum atomic E-state index is 0.680. The molecule has 16 heavy (non-hydrogen) atoms. The zero-order valence-corrected chi connectivity index (χ0v) is 9.74. The molecule has 0 spiro atoms. The third-order valence-electron chi connectivity index (χ3n) is 4.00. The maximum Gasteiger partial charge on any atom is 0.137 e. The van der Waals surface area contributed by atoms with Gasteiger partial charge in [0.1, 0.15) is 5.76 Å². The Hall–Kier alpha value is -0.830. The van der Waals surface area contributed by atoms with Crippen molar-refractivity contribution in [1.29, 1.82) is 0 Å². The second-order valence-corrected chi connectivity index (χ2v) is 5.26. The van der Waals surface area contributed by atoms with Crippen LogP contribution in [0.1, 0.15) is 49.5 Å². The predicted molar refractivity (Wildman–Crippen MR) is 62.4 cm³/mol. The van der Waals surface area contributed by atoms with E-state index in [2.05, 4.69) is 16.5 Å². The molecule has 1 saturated heterocycles. The topological polar surface area (TPSA) is 38.1 Å². The fraction of sp³-hybridized carbons (Fsp3) is 0.769. The van der Waals surface area contributed by atoms with Gasteiger partial charge in [0.05, 0.1) is 5.69 Å². The molecule has 1 aromatic rings. The summed E-state index contributed by atoms with van der Waals surface area (Å²) in [6.45, 7) is 2.30. The molecular formula is C13H20N2O. The second kappa shape index (κ2) is 4.58. The van der Waals surface area contributed by atoms with Gasteiger partial charge in [0.25, 0.3) is 0 Å². The molecule has 2 fully saturated rings. The van der Waals surface area contributed by atoms with Gasteiger partial charge in [-0.25, -0.2) is 0 Å². The molecule has 3 heteroatoms. The van der Waals surface area contributed by atoms with Gasteiger partial charge in [-0.2, -0.15) is 0 Å². The molecule has 1 saturated carbocycles. The summed E-state index contributed by atoms with van der Waals surface area (Å²) in [5, 5.41) is 7.64. The first-order chi connectivity index (χ1) is 7.92. The fourth-order valence-electron chi connectivity index (χ4n) is 3.01. The largest absolute Gasteiger partial charge is 0.361 e. The van der Waals surface area contributed by atoms with Crippen molar-refractivity contribution in [3.63, 3.8) is 0 Å². The summed E-state index contributed by atoms with van der Waals surface area (Å²) in [5.41, 5.74) is 1.21. The van der Waals surface area contributed by atoms with Crippen molar-refractivity contribution in [2.24, 2.45) is 5.92 Å². The van der Waals surface area contributed by atoms with E-state index in [9.17, 15) is 0 Å². The molecule has 1 aliphatic carbocycles. The van der Waals surface area contributed by atoms with E-state index in [1.165, 1.54) is 37.8 Å². The van der Waals surface area contributed by atoms with Crippen molar-refractivity contribution < 1.29 is 4.52 Å². The standard InChI is InChI=1S/C13H20N2O/c1-2-4-11(3-1)13-8-12(16-15-13)7-10-5-6-14-9-10/h8,10-11,14H,1-7,9H2. The third-order valence-corrected chi connectivity index (χ3v) is 4.00. The lowest BCUT2D eigenvalue weighted by molar-refractivity contribution is 0.355. The number of hydrogen-bond acceptors (Lipinski definition) is 3. The minimum absolute atomic E-state index is 0.680. The average Bonchev–Trinajstić information content (AvgIpc) is 2.99. The fourth-order valence-corrected chi connectivity index (χ4v) is 3.01. The summed E-state index contributed by atoms with van der Waals surface area (Å²) in [6.07, 6.45) is 7.67. The van der Waals surface area contributed by atoms with Crippen molar-refractivity contribution in [3.8, 4) is 0 Å². The molecule has 1 atom stereocenters. The number of hydrogen-bond donors (Lipinski definition) is 1. The molecule has 1 N–H and O–H groups in total. The molecule has 1 aliphatic heterocycles. The summed E-state index contributed by atoms with van der Waals surface area (Å²) in [6, 6.07) is 2.20. The average molecular weight is 220 g/mol. The number of rotatable bonds is 3. The van der Waals surface area contributed by atoms with Gasteiger partial charge in [0, 0.05) is 18.4 Å². The number of aromatic nitrogens is 1. The van der Waals surface area contributed by atoms with Crippen molar-refractivity contribution in [1.82, 2.24) is 10.5 Å². The van der Waals surface area contributed by atoms with Gasteiger partial charge in [0.2, 0.25) is 0 Å². The molecule has 0 amide bonds. The van der Waals surface area contributed by atoms with Gasteiger partial charge in [-0.15, -0.1) is 0 Å². The number of nitrogens with one attached hydrogen (secondary N) is 1. The molecule has 0 radical (unpaired) electrons. The third kappa shape index (κ3) is 2.14. The lowest BCUT2D eigenvalue weighted by Gasteiger charge is -2.03. The first-order valence-electron chi connectivity index (χ1n) is 6.58. The number of nitrogens with zero attached hydrogens (tertiary/aromatic N) is 1. The van der Waals surface area contributed by atoms with Gasteiger partial charge in [-0.05, 0) is 38.3 Å². The quantitative estimate of drug-likeness (QED) is 0.850. The molecule has 0 aromatic carbocycles. The van der Waals surface area contributed by atoms with E-state index >= 15 is 0 Å². The smallest absolute Gasteiger partial charge is 0.137 e. The SMILES string of the molecule is c1c(C2CCCC2)noc1CC1CCNC1. The van der Waals surface area contributed by atoms with Crippen LogP contribution in [0.4, 0.5) is 0 Å². The normalized spacial score (nSPS) is 26.6. The van der Waals surface area contributed by atoms with Crippen LogP contribution >= 0.6 is 0 Å². The van der Waals surface area contributed by atoms with Crippen molar-refractivity contribution in [2.45, 2.75) is 44.4 Å². The first-order valence-corrected chi connectivity index (χ1v) is 6.58. The zero-order chi connectivity index (χ0) is 10.8. The van der Waals surface area contributed by atoms with Gasteiger partial charge in [0.15, 0.2) is 0 Å². The molecule has 88 valence electrons. The predicted octanol–water partition coefficient (Wildman–Crippen LogP) is 2.48. The molecular weight excluding hydrogens is 200 g/mol. The monoisotopic (exact) mass is 220 g/mol. The van der Waals surface area contributed by atoms with Crippen LogP contribution in [0, 0.1) is 5.92 Å². The lowest BCUT2D eigenvalue weighted by Crippen LogP contribution is -2.10. The summed E-state index contributed by atoms with van der Waals surface area (Å²) >= 11 is 0. The van der Waals surface area contributed by atoms with Crippen LogP contribution in [-0.4, -0.2) is 18.2 Å². The summed E-state index contributed by atoms with van der Waals surface area (Å²) in [5.74, 6) is 2.53. The Labute approximate surface area is 96.6 Å². The van der Waals surface area contributed by atoms with Crippen LogP contribution in [0.5, 0.6) is 0 Å². The van der Waals surface area contributed by atoms with Crippen molar-refractivity contribution in [3.05, 3.63) is 17.5 Å². The van der Waals surface area contributed by atoms with Gasteiger partial charge >= 0.3 is 0 Å². The van der Waals surface area contributed by atoms with Crippen LogP contribution in [0.15, 0.2) is 10.6 Å². The summed E-state index contributed by atoms with van der Waals surface area (Å²) < 4.78 is 5.46. The van der Waals surface area contributed by atoms with E-state index in [1.54, 1.807) is 0 Å². The molecule has 2 aliphatic rings. The van der Waals surface area contributed by atoms with E-state index in [0.717, 1.165) is 31.2 Å². The zero-order valence-electron chi connectivity index (χ0n) is 9.74. The Morgan fingerprint density at radius 2 is 2.19 bits per heavy atom. The van der Waals surface area contributed by atoms with Crippen molar-refractivity contribution >= 4 is 0 Å². The molecule has 0 bridgehead atoms. The highest BCUT2D eigenvalue weighted by atomic mass is 16.5. The highest BCUT2D eigenvalue weighted by Crippen LogP contribution is 2.33. The van der Waals surface area contributed by atoms with E-state index in [1.807, 2.05) is 0 Å². The Morgan fingerprint density at radius 3 is 2.94 bits per heavy atom. The van der Waals surface area contributed by atoms with Crippen LogP contribution in [0.25, 0.3) is 0 Å². The molecule has 1 unspecified atom stereocenters. The van der Waals surface area contributed by atoms with Gasteiger partial charge < -0.3 is 9.84 Å². The maximum absolute atomic E-state index is 5.46. The highest BCUT2D eigenvalue weighted by Gasteiger charge is 2.22. The minimum Gasteiger partial charge on any atom is -0.361 e. The van der Waals surface area contributed by atoms with Crippen LogP contribution < -0.4 is 5.32 Å². The molecule has 3 rings (SSSR count). The first kappa shape index (κ1) is 10.3. The lowest BCUT2D eigenvalue weighted by atomic mass is 10.0. The molecule has 2 heterocycles. The second-order valence-electron chi connectivity index (χ2n) is 5.26. The van der Waals surface area contributed by atoms with Crippen LogP contribution in [-0.2, 0) is 6.42 Å². The van der Waals surface area contributed by atoms with E-state index in [4.69, 9.17) is 4.52 Å². The van der Waals surface area contributed by atoms with Gasteiger partial charge in [-0.3, -0.25) is 0 Å². The Morgan fingerprint density at radius 1 is 1.31 bits per heavy atom. The summed E-state index contributed by atoms with van der Waals surface area (Å²) in [7, 11) is 0.